The van der Waals surface area contributed by atoms with Crippen molar-refractivity contribution in [3.05, 3.63) is 216 Å². The molecule has 0 bridgehead atoms. The summed E-state index contributed by atoms with van der Waals surface area (Å²) < 4.78 is 11.5. The monoisotopic (exact) mass is 788 g/mol. The van der Waals surface area contributed by atoms with Crippen molar-refractivity contribution in [2.75, 3.05) is 0 Å². The molecule has 62 heavy (non-hydrogen) atoms. The fraction of sp³-hybridized carbons (Fsp3) is 0.0175. The van der Waals surface area contributed by atoms with Gasteiger partial charge in [-0.1, -0.05) is 140 Å². The molecular weight excluding hydrogens is 757 g/mol. The number of fused-ring (bicyclic) bond motifs is 14. The third kappa shape index (κ3) is 4.54. The lowest BCUT2D eigenvalue weighted by atomic mass is 9.81. The van der Waals surface area contributed by atoms with Gasteiger partial charge < -0.3 is 13.6 Å². The second-order valence-electron chi connectivity index (χ2n) is 16.1. The average Bonchev–Trinajstić information content (AvgIpc) is 4.08. The van der Waals surface area contributed by atoms with E-state index < -0.39 is 0 Å². The Hall–Kier alpha value is -8.64. The number of aromatic nitrogens is 2. The minimum atomic E-state index is -0.257. The van der Waals surface area contributed by atoms with Gasteiger partial charge in [0.05, 0.1) is 45.0 Å². The van der Waals surface area contributed by atoms with Gasteiger partial charge in [-0.25, -0.2) is 0 Å². The molecule has 1 atom stereocenters. The van der Waals surface area contributed by atoms with E-state index in [1.807, 2.05) is 24.3 Å². The molecule has 1 unspecified atom stereocenters. The van der Waals surface area contributed by atoms with Crippen molar-refractivity contribution >= 4 is 65.6 Å². The molecule has 5 nitrogen and oxygen atoms in total. The number of furan rings is 1. The number of nitriles is 2. The molecule has 0 aliphatic heterocycles. The van der Waals surface area contributed by atoms with Gasteiger partial charge in [-0.3, -0.25) is 0 Å². The van der Waals surface area contributed by atoms with Gasteiger partial charge in [0.25, 0.3) is 0 Å². The van der Waals surface area contributed by atoms with Crippen LogP contribution in [0.15, 0.2) is 192 Å². The molecule has 5 heteroatoms. The van der Waals surface area contributed by atoms with Crippen LogP contribution in [0.1, 0.15) is 33.7 Å². The van der Waals surface area contributed by atoms with E-state index in [1.165, 1.54) is 32.6 Å². The molecule has 12 aromatic rings. The Morgan fingerprint density at radius 1 is 0.419 bits per heavy atom. The smallest absolute Gasteiger partial charge is 0.153 e. The van der Waals surface area contributed by atoms with Crippen LogP contribution < -0.4 is 0 Å². The highest BCUT2D eigenvalue weighted by Gasteiger charge is 2.36. The van der Waals surface area contributed by atoms with E-state index in [-0.39, 0.29) is 5.92 Å². The van der Waals surface area contributed by atoms with E-state index in [1.54, 1.807) is 6.07 Å². The van der Waals surface area contributed by atoms with Gasteiger partial charge in [-0.05, 0) is 76.3 Å². The summed E-state index contributed by atoms with van der Waals surface area (Å²) in [6.45, 7) is 0. The van der Waals surface area contributed by atoms with Gasteiger partial charge in [0, 0.05) is 55.0 Å². The molecule has 3 heterocycles. The first-order chi connectivity index (χ1) is 30.7. The van der Waals surface area contributed by atoms with Crippen LogP contribution in [0.5, 0.6) is 0 Å². The molecule has 9 aromatic carbocycles. The van der Waals surface area contributed by atoms with Gasteiger partial charge >= 0.3 is 0 Å². The predicted octanol–water partition coefficient (Wildman–Crippen LogP) is 14.4. The van der Waals surface area contributed by atoms with E-state index >= 15 is 0 Å². The second-order valence-corrected chi connectivity index (χ2v) is 16.1. The number of hydrogen-bond acceptors (Lipinski definition) is 3. The third-order valence-corrected chi connectivity index (χ3v) is 13.1. The first-order valence-electron chi connectivity index (χ1n) is 20.8. The summed E-state index contributed by atoms with van der Waals surface area (Å²) in [5.41, 5.74) is 16.4. The molecule has 0 radical (unpaired) electrons. The van der Waals surface area contributed by atoms with E-state index in [0.29, 0.717) is 16.7 Å². The summed E-state index contributed by atoms with van der Waals surface area (Å²) in [5, 5.41) is 27.6. The van der Waals surface area contributed by atoms with Gasteiger partial charge in [0.2, 0.25) is 0 Å². The molecule has 1 aliphatic rings. The summed E-state index contributed by atoms with van der Waals surface area (Å²) in [7, 11) is 0. The van der Waals surface area contributed by atoms with Gasteiger partial charge in [0.1, 0.15) is 11.7 Å². The molecule has 3 aromatic heterocycles. The maximum absolute atomic E-state index is 11.0. The van der Waals surface area contributed by atoms with Crippen LogP contribution in [0.2, 0.25) is 0 Å². The van der Waals surface area contributed by atoms with Crippen molar-refractivity contribution < 1.29 is 4.42 Å². The number of rotatable bonds is 4. The van der Waals surface area contributed by atoms with Crippen molar-refractivity contribution in [3.8, 4) is 45.8 Å². The third-order valence-electron chi connectivity index (χ3n) is 13.1. The number of nitrogens with zero attached hydrogens (tertiary/aromatic N) is 4. The standard InChI is InChI=1S/C57H32N4O/c58-32-34-14-12-23-39(51(34)52-40-20-4-5-21-41(40)53-46(52)29-28-44-43-24-13-15-35(33-59)56(43)62-57(44)53)37-18-6-10-26-48(37)61-49-27-11-8-22-45(49)54-50(61)31-30-42-38-19-7-9-25-47(38)60(55(42)54)36-16-2-1-3-17-36/h1-31,52H. The van der Waals surface area contributed by atoms with Crippen LogP contribution in [-0.4, -0.2) is 9.13 Å². The fourth-order valence-corrected chi connectivity index (χ4v) is 10.7. The number of hydrogen-bond donors (Lipinski definition) is 0. The van der Waals surface area contributed by atoms with Gasteiger partial charge in [-0.15, -0.1) is 0 Å². The lowest BCUT2D eigenvalue weighted by Crippen LogP contribution is -2.06. The second kappa shape index (κ2) is 12.9. The zero-order valence-electron chi connectivity index (χ0n) is 33.2. The molecule has 0 saturated carbocycles. The molecule has 1 aliphatic carbocycles. The Morgan fingerprint density at radius 3 is 1.89 bits per heavy atom. The first kappa shape index (κ1) is 34.2. The molecule has 0 amide bonds. The zero-order valence-corrected chi connectivity index (χ0v) is 33.2. The quantitative estimate of drug-likeness (QED) is 0.178. The lowest BCUT2D eigenvalue weighted by Gasteiger charge is -2.22. The van der Waals surface area contributed by atoms with Gasteiger partial charge in [-0.2, -0.15) is 10.5 Å². The Bertz CT molecular complexity index is 3960. The normalized spacial score (nSPS) is 13.3. The molecule has 0 saturated heterocycles. The number of benzene rings is 9. The lowest BCUT2D eigenvalue weighted by molar-refractivity contribution is 0.668. The molecule has 286 valence electrons. The highest BCUT2D eigenvalue weighted by Crippen LogP contribution is 2.55. The van der Waals surface area contributed by atoms with E-state index in [2.05, 4.69) is 179 Å². The molecule has 0 fully saturated rings. The Kier molecular flexibility index (Phi) is 7.14. The van der Waals surface area contributed by atoms with E-state index in [0.717, 1.165) is 77.7 Å². The number of para-hydroxylation sites is 5. The maximum Gasteiger partial charge on any atom is 0.153 e. The van der Waals surface area contributed by atoms with Crippen LogP contribution in [0.4, 0.5) is 0 Å². The van der Waals surface area contributed by atoms with Crippen LogP contribution in [-0.2, 0) is 0 Å². The summed E-state index contributed by atoms with van der Waals surface area (Å²) in [6.07, 6.45) is 0. The van der Waals surface area contributed by atoms with E-state index in [9.17, 15) is 10.5 Å². The first-order valence-corrected chi connectivity index (χ1v) is 20.8. The van der Waals surface area contributed by atoms with Crippen LogP contribution >= 0.6 is 0 Å². The highest BCUT2D eigenvalue weighted by molar-refractivity contribution is 6.26. The summed E-state index contributed by atoms with van der Waals surface area (Å²) >= 11 is 0. The van der Waals surface area contributed by atoms with Crippen molar-refractivity contribution in [3.63, 3.8) is 0 Å². The Morgan fingerprint density at radius 2 is 1.05 bits per heavy atom. The van der Waals surface area contributed by atoms with Crippen molar-refractivity contribution in [2.45, 2.75) is 5.92 Å². The summed E-state index contributed by atoms with van der Waals surface area (Å²) in [6, 6.07) is 70.9. The van der Waals surface area contributed by atoms with E-state index in [4.69, 9.17) is 4.42 Å². The maximum atomic E-state index is 11.0. The fourth-order valence-electron chi connectivity index (χ4n) is 10.7. The SMILES string of the molecule is N#Cc1cccc(-c2ccccc2-n2c3ccccc3c3c2ccc2c4ccccc4n(-c4ccccc4)c23)c1C1c2ccccc2-c2c1ccc1c2oc2c(C#N)cccc21. The minimum Gasteiger partial charge on any atom is -0.454 e. The van der Waals surface area contributed by atoms with Crippen LogP contribution in [0.3, 0.4) is 0 Å². The molecule has 13 rings (SSSR count). The minimum absolute atomic E-state index is 0.257. The summed E-state index contributed by atoms with van der Waals surface area (Å²) in [5.74, 6) is -0.257. The van der Waals surface area contributed by atoms with Crippen LogP contribution in [0.25, 0.3) is 99.2 Å². The largest absolute Gasteiger partial charge is 0.454 e. The predicted molar refractivity (Wildman–Crippen MR) is 250 cm³/mol. The Labute approximate surface area is 355 Å². The topological polar surface area (TPSA) is 70.6 Å². The van der Waals surface area contributed by atoms with Gasteiger partial charge in [0.15, 0.2) is 5.58 Å². The molecule has 0 N–H and O–H groups in total. The summed E-state index contributed by atoms with van der Waals surface area (Å²) in [4.78, 5) is 0. The Balaban J connectivity index is 1.10. The molecule has 0 spiro atoms. The van der Waals surface area contributed by atoms with Crippen molar-refractivity contribution in [1.29, 1.82) is 10.5 Å². The van der Waals surface area contributed by atoms with Crippen molar-refractivity contribution in [2.24, 2.45) is 0 Å². The zero-order chi connectivity index (χ0) is 41.1. The van der Waals surface area contributed by atoms with Crippen LogP contribution in [0, 0.1) is 22.7 Å². The van der Waals surface area contributed by atoms with Crippen molar-refractivity contribution in [1.82, 2.24) is 9.13 Å². The average molecular weight is 789 g/mol. The molecular formula is C57H32N4O. The highest BCUT2D eigenvalue weighted by atomic mass is 16.3.